The molecule has 160 valence electrons. The molecule has 0 fully saturated rings. The summed E-state index contributed by atoms with van der Waals surface area (Å²) in [6.07, 6.45) is -4.33. The van der Waals surface area contributed by atoms with Gasteiger partial charge in [-0.1, -0.05) is 53.5 Å². The second kappa shape index (κ2) is 8.45. The number of hydrogen-bond donors (Lipinski definition) is 1. The molecule has 31 heavy (non-hydrogen) atoms. The Morgan fingerprint density at radius 1 is 1.00 bits per heavy atom. The first kappa shape index (κ1) is 21.5. The molecule has 0 radical (unpaired) electrons. The van der Waals surface area contributed by atoms with Crippen molar-refractivity contribution in [2.24, 2.45) is 0 Å². The zero-order chi connectivity index (χ0) is 22.2. The standard InChI is InChI=1S/C21H16Cl2F3N5/c1-12-28-17(10-27-11-21(24,25)26)31-20(29-12)18(13-6-8-14(22)9-7-13)19(30-31)15-4-2-3-5-16(15)23/h2-9,27H,10-11H2,1H3. The number of fused-ring (bicyclic) bond motifs is 1. The van der Waals surface area contributed by atoms with Crippen LogP contribution < -0.4 is 5.32 Å². The lowest BCUT2D eigenvalue weighted by molar-refractivity contribution is -0.125. The van der Waals surface area contributed by atoms with E-state index >= 15 is 0 Å². The first-order valence-corrected chi connectivity index (χ1v) is 10.0. The Hall–Kier alpha value is -2.68. The molecule has 0 aliphatic heterocycles. The predicted octanol–water partition coefficient (Wildman–Crippen LogP) is 5.73. The minimum atomic E-state index is -4.33. The lowest BCUT2D eigenvalue weighted by Crippen LogP contribution is -2.29. The molecule has 5 nitrogen and oxygen atoms in total. The van der Waals surface area contributed by atoms with Crippen molar-refractivity contribution in [3.63, 3.8) is 0 Å². The highest BCUT2D eigenvalue weighted by molar-refractivity contribution is 6.33. The molecule has 2 aromatic heterocycles. The van der Waals surface area contributed by atoms with Crippen molar-refractivity contribution >= 4 is 28.8 Å². The van der Waals surface area contributed by atoms with E-state index in [0.717, 1.165) is 5.56 Å². The number of hydrogen-bond acceptors (Lipinski definition) is 4. The van der Waals surface area contributed by atoms with E-state index in [9.17, 15) is 13.2 Å². The molecule has 4 rings (SSSR count). The van der Waals surface area contributed by atoms with E-state index in [0.29, 0.717) is 44.2 Å². The van der Waals surface area contributed by atoms with Gasteiger partial charge in [-0.2, -0.15) is 22.8 Å². The summed E-state index contributed by atoms with van der Waals surface area (Å²) < 4.78 is 39.2. The molecule has 10 heteroatoms. The summed E-state index contributed by atoms with van der Waals surface area (Å²) in [5, 5.41) is 8.08. The van der Waals surface area contributed by atoms with Crippen molar-refractivity contribution in [2.45, 2.75) is 19.6 Å². The highest BCUT2D eigenvalue weighted by Crippen LogP contribution is 2.38. The Balaban J connectivity index is 1.93. The Labute approximate surface area is 185 Å². The second-order valence-corrected chi connectivity index (χ2v) is 7.70. The molecule has 0 amide bonds. The smallest absolute Gasteiger partial charge is 0.302 e. The molecule has 0 aliphatic rings. The van der Waals surface area contributed by atoms with E-state index < -0.39 is 12.7 Å². The van der Waals surface area contributed by atoms with Crippen LogP contribution in [0.5, 0.6) is 0 Å². The van der Waals surface area contributed by atoms with Crippen LogP contribution in [-0.2, 0) is 6.54 Å². The highest BCUT2D eigenvalue weighted by atomic mass is 35.5. The number of aromatic nitrogens is 4. The van der Waals surface area contributed by atoms with E-state index in [-0.39, 0.29) is 6.54 Å². The minimum Gasteiger partial charge on any atom is -0.302 e. The van der Waals surface area contributed by atoms with Crippen LogP contribution in [-0.4, -0.2) is 32.3 Å². The average molecular weight is 466 g/mol. The molecular formula is C21H16Cl2F3N5. The van der Waals surface area contributed by atoms with Gasteiger partial charge in [0.1, 0.15) is 17.3 Å². The van der Waals surface area contributed by atoms with E-state index in [1.807, 2.05) is 24.3 Å². The van der Waals surface area contributed by atoms with Gasteiger partial charge in [0.2, 0.25) is 0 Å². The van der Waals surface area contributed by atoms with Crippen LogP contribution >= 0.6 is 23.2 Å². The molecule has 0 saturated heterocycles. The van der Waals surface area contributed by atoms with Crippen molar-refractivity contribution in [1.29, 1.82) is 0 Å². The molecule has 0 bridgehead atoms. The molecule has 2 heterocycles. The van der Waals surface area contributed by atoms with Gasteiger partial charge in [-0.05, 0) is 30.7 Å². The fraction of sp³-hybridized carbons (Fsp3) is 0.190. The van der Waals surface area contributed by atoms with Crippen molar-refractivity contribution in [3.05, 3.63) is 70.2 Å². The third-order valence-corrected chi connectivity index (χ3v) is 5.12. The zero-order valence-electron chi connectivity index (χ0n) is 16.2. The number of benzene rings is 2. The van der Waals surface area contributed by atoms with Crippen molar-refractivity contribution in [1.82, 2.24) is 24.9 Å². The minimum absolute atomic E-state index is 0.136. The molecule has 0 atom stereocenters. The summed E-state index contributed by atoms with van der Waals surface area (Å²) in [7, 11) is 0. The van der Waals surface area contributed by atoms with Crippen LogP contribution in [0.3, 0.4) is 0 Å². The number of rotatable bonds is 5. The van der Waals surface area contributed by atoms with Crippen LogP contribution in [0, 0.1) is 6.92 Å². The first-order valence-electron chi connectivity index (χ1n) is 9.27. The van der Waals surface area contributed by atoms with Gasteiger partial charge in [-0.25, -0.2) is 9.97 Å². The zero-order valence-corrected chi connectivity index (χ0v) is 17.7. The Morgan fingerprint density at radius 3 is 2.39 bits per heavy atom. The Kier molecular flexibility index (Phi) is 5.88. The maximum Gasteiger partial charge on any atom is 0.401 e. The van der Waals surface area contributed by atoms with Crippen molar-refractivity contribution < 1.29 is 13.2 Å². The molecule has 0 aliphatic carbocycles. The number of nitrogens with one attached hydrogen (secondary N) is 1. The summed E-state index contributed by atoms with van der Waals surface area (Å²) in [5.74, 6) is 0.720. The average Bonchev–Trinajstić information content (AvgIpc) is 3.07. The summed E-state index contributed by atoms with van der Waals surface area (Å²) in [5.41, 5.74) is 3.17. The number of nitrogens with zero attached hydrogens (tertiary/aromatic N) is 4. The van der Waals surface area contributed by atoms with Crippen molar-refractivity contribution in [3.8, 4) is 22.4 Å². The van der Waals surface area contributed by atoms with Crippen LogP contribution in [0.1, 0.15) is 11.6 Å². The van der Waals surface area contributed by atoms with Gasteiger partial charge < -0.3 is 5.32 Å². The normalized spacial score (nSPS) is 11.9. The summed E-state index contributed by atoms with van der Waals surface area (Å²) in [6, 6.07) is 14.4. The van der Waals surface area contributed by atoms with Gasteiger partial charge in [-0.15, -0.1) is 0 Å². The van der Waals surface area contributed by atoms with E-state index in [2.05, 4.69) is 20.4 Å². The van der Waals surface area contributed by atoms with Crippen LogP contribution in [0.2, 0.25) is 10.0 Å². The molecule has 0 saturated carbocycles. The Bertz CT molecular complexity index is 1240. The van der Waals surface area contributed by atoms with Gasteiger partial charge in [0.15, 0.2) is 5.65 Å². The number of halogens is 5. The van der Waals surface area contributed by atoms with Crippen LogP contribution in [0.25, 0.3) is 28.0 Å². The van der Waals surface area contributed by atoms with Crippen LogP contribution in [0.4, 0.5) is 13.2 Å². The molecule has 2 aromatic carbocycles. The number of aryl methyl sites for hydroxylation is 1. The van der Waals surface area contributed by atoms with Gasteiger partial charge in [0.25, 0.3) is 0 Å². The van der Waals surface area contributed by atoms with Gasteiger partial charge in [0, 0.05) is 10.6 Å². The van der Waals surface area contributed by atoms with E-state index in [1.165, 1.54) is 4.52 Å². The van der Waals surface area contributed by atoms with E-state index in [1.54, 1.807) is 31.2 Å². The number of alkyl halides is 3. The molecule has 0 spiro atoms. The third kappa shape index (κ3) is 4.66. The quantitative estimate of drug-likeness (QED) is 0.409. The first-order chi connectivity index (χ1) is 14.7. The van der Waals surface area contributed by atoms with Crippen LogP contribution in [0.15, 0.2) is 48.5 Å². The lowest BCUT2D eigenvalue weighted by Gasteiger charge is -2.09. The maximum absolute atomic E-state index is 12.6. The summed E-state index contributed by atoms with van der Waals surface area (Å²) >= 11 is 12.5. The maximum atomic E-state index is 12.6. The topological polar surface area (TPSA) is 55.1 Å². The molecular weight excluding hydrogens is 450 g/mol. The SMILES string of the molecule is Cc1nc(CNCC(F)(F)F)n2nc(-c3ccccc3Cl)c(-c3ccc(Cl)cc3)c2n1. The Morgan fingerprint density at radius 2 is 1.71 bits per heavy atom. The summed E-state index contributed by atoms with van der Waals surface area (Å²) in [4.78, 5) is 8.84. The fourth-order valence-corrected chi connectivity index (χ4v) is 3.61. The fourth-order valence-electron chi connectivity index (χ4n) is 3.26. The lowest BCUT2D eigenvalue weighted by atomic mass is 10.0. The molecule has 4 aromatic rings. The predicted molar refractivity (Wildman–Crippen MR) is 114 cm³/mol. The third-order valence-electron chi connectivity index (χ3n) is 4.53. The van der Waals surface area contributed by atoms with E-state index in [4.69, 9.17) is 23.2 Å². The summed E-state index contributed by atoms with van der Waals surface area (Å²) in [6.45, 7) is 0.407. The highest BCUT2D eigenvalue weighted by Gasteiger charge is 2.27. The largest absolute Gasteiger partial charge is 0.401 e. The molecule has 0 unspecified atom stereocenters. The van der Waals surface area contributed by atoms with Crippen molar-refractivity contribution in [2.75, 3.05) is 6.54 Å². The van der Waals surface area contributed by atoms with Gasteiger partial charge >= 0.3 is 6.18 Å². The van der Waals surface area contributed by atoms with Gasteiger partial charge in [0.05, 0.1) is 23.7 Å². The van der Waals surface area contributed by atoms with Gasteiger partial charge in [-0.3, -0.25) is 0 Å². The monoisotopic (exact) mass is 465 g/mol. The molecule has 1 N–H and O–H groups in total. The second-order valence-electron chi connectivity index (χ2n) is 6.85.